The maximum absolute atomic E-state index is 10.2. The summed E-state index contributed by atoms with van der Waals surface area (Å²) in [5.74, 6) is 0.297. The number of phenolic OH excluding ortho intramolecular Hbond substituents is 1. The van der Waals surface area contributed by atoms with Gasteiger partial charge >= 0.3 is 0 Å². The third kappa shape index (κ3) is 2.85. The molecule has 2 aromatic carbocycles. The van der Waals surface area contributed by atoms with Crippen LogP contribution < -0.4 is 5.32 Å². The predicted molar refractivity (Wildman–Crippen MR) is 99.9 cm³/mol. The molecule has 4 rings (SSSR count). The number of H-pyrrole nitrogens is 1. The van der Waals surface area contributed by atoms with Gasteiger partial charge in [-0.1, -0.05) is 27.5 Å². The second-order valence-electron chi connectivity index (χ2n) is 5.55. The zero-order valence-corrected chi connectivity index (χ0v) is 15.2. The maximum Gasteiger partial charge on any atom is 0.120 e. The van der Waals surface area contributed by atoms with E-state index in [4.69, 9.17) is 11.6 Å². The molecule has 1 aliphatic rings. The lowest BCUT2D eigenvalue weighted by Gasteiger charge is -2.25. The number of aromatic nitrogens is 1. The Bertz CT molecular complexity index is 878. The molecule has 6 heteroatoms. The van der Waals surface area contributed by atoms with Gasteiger partial charge in [0.2, 0.25) is 0 Å². The maximum atomic E-state index is 10.2. The molecule has 3 N–H and O–H groups in total. The van der Waals surface area contributed by atoms with Gasteiger partial charge in [0.15, 0.2) is 0 Å². The monoisotopic (exact) mass is 412 g/mol. The van der Waals surface area contributed by atoms with E-state index < -0.39 is 0 Å². The highest BCUT2D eigenvalue weighted by atomic mass is 79.9. The number of fused-ring (bicyclic) bond motifs is 3. The summed E-state index contributed by atoms with van der Waals surface area (Å²) >= 11 is 9.62. The molecule has 1 aliphatic heterocycles. The summed E-state index contributed by atoms with van der Waals surface area (Å²) in [6.45, 7) is 0.864. The minimum Gasteiger partial charge on any atom is -0.508 e. The Hall–Kier alpha value is -1.20. The largest absolute Gasteiger partial charge is 0.508 e. The van der Waals surface area contributed by atoms with E-state index in [9.17, 15) is 5.11 Å². The Morgan fingerprint density at radius 3 is 2.83 bits per heavy atom. The molecule has 1 unspecified atom stereocenters. The van der Waals surface area contributed by atoms with Crippen LogP contribution in [-0.4, -0.2) is 16.6 Å². The van der Waals surface area contributed by atoms with Gasteiger partial charge in [-0.25, -0.2) is 0 Å². The van der Waals surface area contributed by atoms with Gasteiger partial charge in [0.1, 0.15) is 5.75 Å². The van der Waals surface area contributed by atoms with Gasteiger partial charge in [-0.3, -0.25) is 0 Å². The van der Waals surface area contributed by atoms with Gasteiger partial charge in [-0.15, -0.1) is 12.4 Å². The fourth-order valence-electron chi connectivity index (χ4n) is 3.22. The van der Waals surface area contributed by atoms with Crippen molar-refractivity contribution in [3.8, 4) is 5.75 Å². The van der Waals surface area contributed by atoms with Crippen molar-refractivity contribution in [3.63, 3.8) is 0 Å². The molecule has 0 aliphatic carbocycles. The molecule has 0 spiro atoms. The van der Waals surface area contributed by atoms with Gasteiger partial charge < -0.3 is 15.4 Å². The highest BCUT2D eigenvalue weighted by molar-refractivity contribution is 9.10. The topological polar surface area (TPSA) is 48.0 Å². The van der Waals surface area contributed by atoms with Crippen molar-refractivity contribution in [1.82, 2.24) is 10.3 Å². The van der Waals surface area contributed by atoms with Crippen molar-refractivity contribution in [2.24, 2.45) is 0 Å². The molecule has 0 radical (unpaired) electrons. The number of hydrogen-bond acceptors (Lipinski definition) is 2. The molecule has 3 nitrogen and oxygen atoms in total. The summed E-state index contributed by atoms with van der Waals surface area (Å²) in [6, 6.07) is 11.4. The summed E-state index contributed by atoms with van der Waals surface area (Å²) in [5.41, 5.74) is 4.34. The highest BCUT2D eigenvalue weighted by Crippen LogP contribution is 2.38. The Morgan fingerprint density at radius 2 is 2.00 bits per heavy atom. The van der Waals surface area contributed by atoms with E-state index in [-0.39, 0.29) is 18.4 Å². The number of hydrogen-bond donors (Lipinski definition) is 3. The Kier molecular flexibility index (Phi) is 4.61. The van der Waals surface area contributed by atoms with Crippen LogP contribution in [-0.2, 0) is 6.42 Å². The van der Waals surface area contributed by atoms with Gasteiger partial charge in [0.05, 0.1) is 6.04 Å². The minimum atomic E-state index is -0.0487. The fraction of sp³-hybridized carbons (Fsp3) is 0.176. The average molecular weight is 414 g/mol. The molecule has 0 bridgehead atoms. The van der Waals surface area contributed by atoms with Crippen molar-refractivity contribution in [2.45, 2.75) is 12.5 Å². The Morgan fingerprint density at radius 1 is 1.17 bits per heavy atom. The minimum absolute atomic E-state index is 0. The van der Waals surface area contributed by atoms with Crippen LogP contribution in [0.1, 0.15) is 22.9 Å². The number of benzene rings is 2. The molecule has 2 heterocycles. The fourth-order valence-corrected chi connectivity index (χ4v) is 3.77. The third-order valence-corrected chi connectivity index (χ3v) is 4.94. The van der Waals surface area contributed by atoms with Gasteiger partial charge in [-0.2, -0.15) is 0 Å². The van der Waals surface area contributed by atoms with Crippen molar-refractivity contribution >= 4 is 50.8 Å². The number of phenols is 1. The zero-order chi connectivity index (χ0) is 15.3. The summed E-state index contributed by atoms with van der Waals surface area (Å²) in [4.78, 5) is 3.49. The summed E-state index contributed by atoms with van der Waals surface area (Å²) in [6.07, 6.45) is 0.945. The standard InChI is InChI=1S/C17H14BrClN2O.ClH/c18-9-1-4-15(22)13(7-9)16-17-11(5-6-20-16)12-8-10(19)2-3-14(12)21-17;/h1-4,7-8,16,20-22H,5-6H2;1H. The smallest absolute Gasteiger partial charge is 0.120 e. The SMILES string of the molecule is Cl.Oc1ccc(Br)cc1C1NCCc2c1[nH]c1ccc(Cl)cc21. The number of aromatic amines is 1. The molecule has 0 saturated heterocycles. The van der Waals surface area contributed by atoms with Gasteiger partial charge in [0.25, 0.3) is 0 Å². The van der Waals surface area contributed by atoms with E-state index in [1.165, 1.54) is 10.9 Å². The zero-order valence-electron chi connectivity index (χ0n) is 12.1. The van der Waals surface area contributed by atoms with Crippen LogP contribution >= 0.6 is 39.9 Å². The quantitative estimate of drug-likeness (QED) is 0.528. The lowest BCUT2D eigenvalue weighted by Crippen LogP contribution is -2.30. The van der Waals surface area contributed by atoms with E-state index in [1.807, 2.05) is 30.3 Å². The van der Waals surface area contributed by atoms with Crippen molar-refractivity contribution in [1.29, 1.82) is 0 Å². The second-order valence-corrected chi connectivity index (χ2v) is 6.90. The molecule has 1 aromatic heterocycles. The van der Waals surface area contributed by atoms with Crippen molar-refractivity contribution in [2.75, 3.05) is 6.54 Å². The van der Waals surface area contributed by atoms with Crippen LogP contribution in [0.5, 0.6) is 5.75 Å². The van der Waals surface area contributed by atoms with Crippen LogP contribution in [0, 0.1) is 0 Å². The molecule has 0 amide bonds. The normalized spacial score (nSPS) is 16.9. The number of rotatable bonds is 1. The first-order chi connectivity index (χ1) is 10.6. The molecule has 0 saturated carbocycles. The number of aromatic hydroxyl groups is 1. The molecule has 0 fully saturated rings. The molecule has 23 heavy (non-hydrogen) atoms. The van der Waals surface area contributed by atoms with Crippen molar-refractivity contribution in [3.05, 3.63) is 62.7 Å². The van der Waals surface area contributed by atoms with Gasteiger partial charge in [-0.05, 0) is 48.4 Å². The average Bonchev–Trinajstić information content (AvgIpc) is 2.88. The predicted octanol–water partition coefficient (Wildman–Crippen LogP) is 4.95. The third-order valence-electron chi connectivity index (χ3n) is 4.21. The summed E-state index contributed by atoms with van der Waals surface area (Å²) in [7, 11) is 0. The van der Waals surface area contributed by atoms with E-state index >= 15 is 0 Å². The lowest BCUT2D eigenvalue weighted by atomic mass is 9.94. The first-order valence-corrected chi connectivity index (χ1v) is 8.32. The van der Waals surface area contributed by atoms with Crippen molar-refractivity contribution < 1.29 is 5.11 Å². The first-order valence-electron chi connectivity index (χ1n) is 7.15. The molecule has 1 atom stereocenters. The first kappa shape index (κ1) is 16.7. The number of halogens is 3. The van der Waals surface area contributed by atoms with Gasteiger partial charge in [0, 0.05) is 38.2 Å². The van der Waals surface area contributed by atoms with Crippen LogP contribution in [0.15, 0.2) is 40.9 Å². The van der Waals surface area contributed by atoms with E-state index in [0.29, 0.717) is 5.75 Å². The second kappa shape index (κ2) is 6.36. The van der Waals surface area contributed by atoms with E-state index in [0.717, 1.165) is 39.2 Å². The lowest BCUT2D eigenvalue weighted by molar-refractivity contribution is 0.452. The molecular formula is C17H15BrCl2N2O. The molecular weight excluding hydrogens is 399 g/mol. The van der Waals surface area contributed by atoms with E-state index in [1.54, 1.807) is 6.07 Å². The molecule has 3 aromatic rings. The van der Waals surface area contributed by atoms with Crippen LogP contribution in [0.4, 0.5) is 0 Å². The Labute approximate surface area is 153 Å². The van der Waals surface area contributed by atoms with E-state index in [2.05, 4.69) is 26.2 Å². The summed E-state index contributed by atoms with van der Waals surface area (Å²) < 4.78 is 0.952. The van der Waals surface area contributed by atoms with Crippen LogP contribution in [0.25, 0.3) is 10.9 Å². The summed E-state index contributed by atoms with van der Waals surface area (Å²) in [5, 5.41) is 15.6. The highest BCUT2D eigenvalue weighted by Gasteiger charge is 2.27. The van der Waals surface area contributed by atoms with Crippen LogP contribution in [0.3, 0.4) is 0 Å². The van der Waals surface area contributed by atoms with Crippen LogP contribution in [0.2, 0.25) is 5.02 Å². The Balaban J connectivity index is 0.00000156. The number of nitrogens with one attached hydrogen (secondary N) is 2. The molecule has 120 valence electrons.